The Kier molecular flexibility index (Phi) is 4.25. The Bertz CT molecular complexity index is 920. The van der Waals surface area contributed by atoms with Gasteiger partial charge in [0.15, 0.2) is 0 Å². The number of aromatic nitrogens is 2. The SMILES string of the molecule is Cc1cc(C(=O)N2CCCCC2c2nccs2)c2cccc(C)c2n1. The number of amides is 1. The fourth-order valence-electron chi connectivity index (χ4n) is 3.68. The number of piperidine rings is 1. The Labute approximate surface area is 151 Å². The van der Waals surface area contributed by atoms with Crippen LogP contribution in [0.4, 0.5) is 0 Å². The summed E-state index contributed by atoms with van der Waals surface area (Å²) in [5.74, 6) is 0.0981. The van der Waals surface area contributed by atoms with E-state index in [0.717, 1.165) is 58.5 Å². The summed E-state index contributed by atoms with van der Waals surface area (Å²) in [6.45, 7) is 4.79. The summed E-state index contributed by atoms with van der Waals surface area (Å²) in [6.07, 6.45) is 5.00. The van der Waals surface area contributed by atoms with Crippen molar-refractivity contribution in [2.45, 2.75) is 39.2 Å². The highest BCUT2D eigenvalue weighted by Crippen LogP contribution is 2.34. The molecular weight excluding hydrogens is 330 g/mol. The number of fused-ring (bicyclic) bond motifs is 1. The average Bonchev–Trinajstić information content (AvgIpc) is 3.16. The van der Waals surface area contributed by atoms with Crippen molar-refractivity contribution in [1.82, 2.24) is 14.9 Å². The fraction of sp³-hybridized carbons (Fsp3) is 0.350. The predicted molar refractivity (Wildman–Crippen MR) is 101 cm³/mol. The maximum atomic E-state index is 13.5. The Morgan fingerprint density at radius 2 is 2.16 bits per heavy atom. The molecule has 3 aromatic rings. The lowest BCUT2D eigenvalue weighted by Gasteiger charge is -2.35. The zero-order valence-corrected chi connectivity index (χ0v) is 15.3. The molecule has 1 atom stereocenters. The first-order valence-corrected chi connectivity index (χ1v) is 9.60. The van der Waals surface area contributed by atoms with Gasteiger partial charge in [-0.1, -0.05) is 18.2 Å². The molecule has 2 aromatic heterocycles. The maximum Gasteiger partial charge on any atom is 0.255 e. The largest absolute Gasteiger partial charge is 0.329 e. The van der Waals surface area contributed by atoms with E-state index in [0.29, 0.717) is 0 Å². The normalized spacial score (nSPS) is 17.8. The molecule has 0 radical (unpaired) electrons. The van der Waals surface area contributed by atoms with Gasteiger partial charge in [0.25, 0.3) is 5.91 Å². The maximum absolute atomic E-state index is 13.5. The first kappa shape index (κ1) is 16.2. The second-order valence-electron chi connectivity index (χ2n) is 6.66. The van der Waals surface area contributed by atoms with Crippen LogP contribution in [0.5, 0.6) is 0 Å². The summed E-state index contributed by atoms with van der Waals surface area (Å²) >= 11 is 1.64. The minimum atomic E-state index is 0.0922. The van der Waals surface area contributed by atoms with Crippen molar-refractivity contribution in [3.8, 4) is 0 Å². The van der Waals surface area contributed by atoms with Crippen molar-refractivity contribution in [3.05, 3.63) is 57.7 Å². The summed E-state index contributed by atoms with van der Waals surface area (Å²) in [4.78, 5) is 24.6. The number of thiazole rings is 1. The number of pyridine rings is 1. The van der Waals surface area contributed by atoms with Crippen molar-refractivity contribution in [2.24, 2.45) is 0 Å². The minimum absolute atomic E-state index is 0.0922. The van der Waals surface area contributed by atoms with Crippen molar-refractivity contribution in [1.29, 1.82) is 0 Å². The van der Waals surface area contributed by atoms with Crippen LogP contribution in [0.25, 0.3) is 10.9 Å². The lowest BCUT2D eigenvalue weighted by molar-refractivity contribution is 0.0613. The molecule has 1 fully saturated rings. The minimum Gasteiger partial charge on any atom is -0.329 e. The number of carbonyl (C=O) groups excluding carboxylic acids is 1. The van der Waals surface area contributed by atoms with Gasteiger partial charge in [-0.2, -0.15) is 0 Å². The third kappa shape index (κ3) is 2.93. The number of likely N-dealkylation sites (tertiary alicyclic amines) is 1. The molecule has 1 aliphatic heterocycles. The van der Waals surface area contributed by atoms with E-state index in [2.05, 4.69) is 9.97 Å². The number of hydrogen-bond donors (Lipinski definition) is 0. The Morgan fingerprint density at radius 1 is 1.28 bits per heavy atom. The molecule has 1 amide bonds. The van der Waals surface area contributed by atoms with E-state index in [-0.39, 0.29) is 11.9 Å². The molecule has 1 saturated heterocycles. The van der Waals surface area contributed by atoms with Crippen molar-refractivity contribution < 1.29 is 4.79 Å². The number of para-hydroxylation sites is 1. The van der Waals surface area contributed by atoms with Crippen LogP contribution in [0.15, 0.2) is 35.8 Å². The van der Waals surface area contributed by atoms with Gasteiger partial charge in [-0.25, -0.2) is 4.98 Å². The van der Waals surface area contributed by atoms with Gasteiger partial charge in [0, 0.05) is 29.2 Å². The monoisotopic (exact) mass is 351 g/mol. The fourth-order valence-corrected chi connectivity index (χ4v) is 4.47. The first-order chi connectivity index (χ1) is 12.1. The quantitative estimate of drug-likeness (QED) is 0.674. The molecule has 0 spiro atoms. The van der Waals surface area contributed by atoms with Gasteiger partial charge in [-0.05, 0) is 44.7 Å². The third-order valence-electron chi connectivity index (χ3n) is 4.90. The highest BCUT2D eigenvalue weighted by atomic mass is 32.1. The van der Waals surface area contributed by atoms with Crippen LogP contribution >= 0.6 is 11.3 Å². The molecule has 4 rings (SSSR count). The van der Waals surface area contributed by atoms with Crippen LogP contribution in [-0.4, -0.2) is 27.3 Å². The van der Waals surface area contributed by atoms with Gasteiger partial charge >= 0.3 is 0 Å². The highest BCUT2D eigenvalue weighted by Gasteiger charge is 2.31. The standard InChI is InChI=1S/C20H21N3OS/c1-13-6-5-7-15-16(12-14(2)22-18(13)15)20(24)23-10-4-3-8-17(23)19-21-9-11-25-19/h5-7,9,11-12,17H,3-4,8,10H2,1-2H3. The number of benzene rings is 1. The molecule has 1 unspecified atom stereocenters. The molecule has 3 heterocycles. The summed E-state index contributed by atoms with van der Waals surface area (Å²) in [5.41, 5.74) is 3.67. The third-order valence-corrected chi connectivity index (χ3v) is 5.78. The van der Waals surface area contributed by atoms with Gasteiger partial charge in [0.2, 0.25) is 0 Å². The highest BCUT2D eigenvalue weighted by molar-refractivity contribution is 7.09. The lowest BCUT2D eigenvalue weighted by atomic mass is 9.99. The summed E-state index contributed by atoms with van der Waals surface area (Å²) in [5, 5.41) is 3.97. The molecule has 0 bridgehead atoms. The van der Waals surface area contributed by atoms with Crippen LogP contribution in [0, 0.1) is 13.8 Å². The van der Waals surface area contributed by atoms with Crippen molar-refractivity contribution in [3.63, 3.8) is 0 Å². The number of aryl methyl sites for hydroxylation is 2. The van der Waals surface area contributed by atoms with E-state index < -0.39 is 0 Å². The van der Waals surface area contributed by atoms with Crippen LogP contribution in [-0.2, 0) is 0 Å². The first-order valence-electron chi connectivity index (χ1n) is 8.72. The van der Waals surface area contributed by atoms with Gasteiger partial charge in [-0.3, -0.25) is 9.78 Å². The van der Waals surface area contributed by atoms with E-state index in [1.54, 1.807) is 11.3 Å². The van der Waals surface area contributed by atoms with Crippen LogP contribution in [0.2, 0.25) is 0 Å². The van der Waals surface area contributed by atoms with Crippen molar-refractivity contribution in [2.75, 3.05) is 6.54 Å². The summed E-state index contributed by atoms with van der Waals surface area (Å²) in [6, 6.07) is 8.07. The lowest BCUT2D eigenvalue weighted by Crippen LogP contribution is -2.38. The van der Waals surface area contributed by atoms with Crippen LogP contribution in [0.1, 0.15) is 51.9 Å². The summed E-state index contributed by atoms with van der Waals surface area (Å²) < 4.78 is 0. The number of rotatable bonds is 2. The van der Waals surface area contributed by atoms with Gasteiger partial charge in [-0.15, -0.1) is 11.3 Å². The predicted octanol–water partition coefficient (Wildman–Crippen LogP) is 4.68. The van der Waals surface area contributed by atoms with Crippen LogP contribution in [0.3, 0.4) is 0 Å². The molecule has 0 aliphatic carbocycles. The molecule has 128 valence electrons. The zero-order chi connectivity index (χ0) is 17.4. The molecule has 1 aromatic carbocycles. The molecule has 0 saturated carbocycles. The number of nitrogens with zero attached hydrogens (tertiary/aromatic N) is 3. The van der Waals surface area contributed by atoms with E-state index >= 15 is 0 Å². The van der Waals surface area contributed by atoms with E-state index in [9.17, 15) is 4.79 Å². The second kappa shape index (κ2) is 6.56. The number of carbonyl (C=O) groups is 1. The Balaban J connectivity index is 1.80. The smallest absolute Gasteiger partial charge is 0.255 e. The van der Waals surface area contributed by atoms with Gasteiger partial charge in [0.1, 0.15) is 5.01 Å². The summed E-state index contributed by atoms with van der Waals surface area (Å²) in [7, 11) is 0. The van der Waals surface area contributed by atoms with E-state index in [4.69, 9.17) is 0 Å². The second-order valence-corrected chi connectivity index (χ2v) is 7.59. The Hall–Kier alpha value is -2.27. The van der Waals surface area contributed by atoms with Gasteiger partial charge in [0.05, 0.1) is 17.1 Å². The molecule has 0 N–H and O–H groups in total. The zero-order valence-electron chi connectivity index (χ0n) is 14.5. The molecule has 25 heavy (non-hydrogen) atoms. The van der Waals surface area contributed by atoms with Gasteiger partial charge < -0.3 is 4.90 Å². The molecule has 4 nitrogen and oxygen atoms in total. The molecule has 1 aliphatic rings. The average molecular weight is 351 g/mol. The molecular formula is C20H21N3OS. The molecule has 5 heteroatoms. The van der Waals surface area contributed by atoms with Crippen molar-refractivity contribution >= 4 is 28.1 Å². The topological polar surface area (TPSA) is 46.1 Å². The van der Waals surface area contributed by atoms with E-state index in [1.807, 2.05) is 54.6 Å². The van der Waals surface area contributed by atoms with Crippen LogP contribution < -0.4 is 0 Å². The number of hydrogen-bond acceptors (Lipinski definition) is 4. The van der Waals surface area contributed by atoms with E-state index in [1.165, 1.54) is 0 Å². The Morgan fingerprint density at radius 3 is 2.96 bits per heavy atom.